The summed E-state index contributed by atoms with van der Waals surface area (Å²) in [5, 5.41) is 12.5. The Morgan fingerprint density at radius 3 is 2.68 bits per heavy atom. The third-order valence-electron chi connectivity index (χ3n) is 4.79. The number of hydrogen-bond donors (Lipinski definition) is 1. The number of aliphatic hydroxyl groups excluding tert-OH is 1. The van der Waals surface area contributed by atoms with Crippen molar-refractivity contribution in [2.24, 2.45) is 5.41 Å². The molecule has 0 spiro atoms. The van der Waals surface area contributed by atoms with Crippen molar-refractivity contribution in [2.45, 2.75) is 39.2 Å². The van der Waals surface area contributed by atoms with Crippen molar-refractivity contribution in [3.05, 3.63) is 16.1 Å². The van der Waals surface area contributed by atoms with Crippen LogP contribution in [0.15, 0.2) is 5.38 Å². The molecule has 2 rings (SSSR count). The first-order valence-corrected chi connectivity index (χ1v) is 8.82. The lowest BCUT2D eigenvalue weighted by Gasteiger charge is -2.40. The molecule has 1 aliphatic rings. The zero-order valence-corrected chi connectivity index (χ0v) is 14.7. The van der Waals surface area contributed by atoms with E-state index in [2.05, 4.69) is 22.2 Å². The molecule has 0 unspecified atom stereocenters. The van der Waals surface area contributed by atoms with E-state index in [1.165, 1.54) is 0 Å². The van der Waals surface area contributed by atoms with Crippen LogP contribution in [-0.2, 0) is 17.8 Å². The molecular weight excluding hydrogens is 298 g/mol. The topological polar surface area (TPSA) is 56.7 Å². The summed E-state index contributed by atoms with van der Waals surface area (Å²) in [4.78, 5) is 20.3. The van der Waals surface area contributed by atoms with E-state index in [0.717, 1.165) is 49.6 Å². The summed E-state index contributed by atoms with van der Waals surface area (Å²) < 4.78 is 0. The first-order valence-electron chi connectivity index (χ1n) is 7.94. The van der Waals surface area contributed by atoms with E-state index in [-0.39, 0.29) is 11.3 Å². The summed E-state index contributed by atoms with van der Waals surface area (Å²) in [6.07, 6.45) is 3.54. The van der Waals surface area contributed by atoms with Gasteiger partial charge in [0.05, 0.1) is 12.1 Å². The highest BCUT2D eigenvalue weighted by Crippen LogP contribution is 2.34. The number of nitrogens with zero attached hydrogens (tertiary/aromatic N) is 3. The minimum absolute atomic E-state index is 0.0922. The van der Waals surface area contributed by atoms with E-state index < -0.39 is 0 Å². The van der Waals surface area contributed by atoms with E-state index in [9.17, 15) is 9.90 Å². The maximum atomic E-state index is 11.7. The Balaban J connectivity index is 1.85. The number of piperidine rings is 1. The Labute approximate surface area is 137 Å². The summed E-state index contributed by atoms with van der Waals surface area (Å²) >= 11 is 1.57. The highest BCUT2D eigenvalue weighted by atomic mass is 32.1. The molecule has 0 saturated carbocycles. The van der Waals surface area contributed by atoms with Crippen molar-refractivity contribution in [1.29, 1.82) is 0 Å². The largest absolute Gasteiger partial charge is 0.396 e. The molecular formula is C16H27N3O2S. The standard InChI is InChI=1S/C16H27N3O2S/c1-4-16(12-20)5-7-19(8-6-16)10-13-11-22-14(17-13)9-15(21)18(2)3/h11,20H,4-10,12H2,1-3H3. The van der Waals surface area contributed by atoms with Gasteiger partial charge >= 0.3 is 0 Å². The van der Waals surface area contributed by atoms with Gasteiger partial charge in [0, 0.05) is 32.6 Å². The summed E-state index contributed by atoms with van der Waals surface area (Å²) in [5.74, 6) is 0.0922. The molecule has 0 bridgehead atoms. The third-order valence-corrected chi connectivity index (χ3v) is 5.69. The van der Waals surface area contributed by atoms with Gasteiger partial charge in [0.1, 0.15) is 5.01 Å². The normalized spacial score (nSPS) is 18.4. The second-order valence-corrected chi connectivity index (χ2v) is 7.43. The van der Waals surface area contributed by atoms with Crippen LogP contribution in [0.4, 0.5) is 0 Å². The number of likely N-dealkylation sites (tertiary alicyclic amines) is 1. The van der Waals surface area contributed by atoms with Gasteiger partial charge in [-0.1, -0.05) is 6.92 Å². The number of carbonyl (C=O) groups is 1. The van der Waals surface area contributed by atoms with Crippen LogP contribution < -0.4 is 0 Å². The molecule has 6 heteroatoms. The minimum atomic E-state index is 0.0922. The second kappa shape index (κ2) is 7.53. The van der Waals surface area contributed by atoms with Gasteiger partial charge in [0.2, 0.25) is 5.91 Å². The second-order valence-electron chi connectivity index (χ2n) is 6.49. The van der Waals surface area contributed by atoms with Crippen molar-refractivity contribution in [1.82, 2.24) is 14.8 Å². The lowest BCUT2D eigenvalue weighted by atomic mass is 9.77. The van der Waals surface area contributed by atoms with Crippen LogP contribution >= 0.6 is 11.3 Å². The number of aromatic nitrogens is 1. The molecule has 1 aromatic rings. The van der Waals surface area contributed by atoms with Gasteiger partial charge in [-0.15, -0.1) is 11.3 Å². The van der Waals surface area contributed by atoms with Gasteiger partial charge in [-0.3, -0.25) is 9.69 Å². The quantitative estimate of drug-likeness (QED) is 0.866. The SMILES string of the molecule is CCC1(CO)CCN(Cc2csc(CC(=O)N(C)C)n2)CC1. The number of amides is 1. The molecule has 1 aliphatic heterocycles. The van der Waals surface area contributed by atoms with Crippen LogP contribution in [0.5, 0.6) is 0 Å². The lowest BCUT2D eigenvalue weighted by molar-refractivity contribution is -0.127. The summed E-state index contributed by atoms with van der Waals surface area (Å²) in [5.41, 5.74) is 1.18. The first-order chi connectivity index (χ1) is 10.5. The van der Waals surface area contributed by atoms with Crippen LogP contribution in [0.3, 0.4) is 0 Å². The molecule has 1 saturated heterocycles. The van der Waals surface area contributed by atoms with Crippen LogP contribution in [0, 0.1) is 5.41 Å². The van der Waals surface area contributed by atoms with E-state index in [4.69, 9.17) is 0 Å². The molecule has 0 aliphatic carbocycles. The van der Waals surface area contributed by atoms with Crippen molar-refractivity contribution < 1.29 is 9.90 Å². The minimum Gasteiger partial charge on any atom is -0.396 e. The van der Waals surface area contributed by atoms with Gasteiger partial charge in [0.15, 0.2) is 0 Å². The molecule has 0 atom stereocenters. The van der Waals surface area contributed by atoms with E-state index in [1.807, 2.05) is 0 Å². The fraction of sp³-hybridized carbons (Fsp3) is 0.750. The Morgan fingerprint density at radius 2 is 2.14 bits per heavy atom. The number of carbonyl (C=O) groups excluding carboxylic acids is 1. The van der Waals surface area contributed by atoms with E-state index in [0.29, 0.717) is 13.0 Å². The average Bonchev–Trinajstić information content (AvgIpc) is 2.95. The van der Waals surface area contributed by atoms with Crippen LogP contribution in [0.2, 0.25) is 0 Å². The number of aliphatic hydroxyl groups is 1. The number of hydrogen-bond acceptors (Lipinski definition) is 5. The van der Waals surface area contributed by atoms with Crippen LogP contribution in [-0.4, -0.2) is 59.6 Å². The molecule has 22 heavy (non-hydrogen) atoms. The Kier molecular flexibility index (Phi) is 5.94. The molecule has 0 aromatic carbocycles. The predicted molar refractivity (Wildman–Crippen MR) is 88.8 cm³/mol. The molecule has 1 aromatic heterocycles. The lowest BCUT2D eigenvalue weighted by Crippen LogP contribution is -2.41. The summed E-state index contributed by atoms with van der Waals surface area (Å²) in [6, 6.07) is 0. The van der Waals surface area contributed by atoms with Crippen molar-refractivity contribution in [2.75, 3.05) is 33.8 Å². The molecule has 0 radical (unpaired) electrons. The summed E-state index contributed by atoms with van der Waals surface area (Å²) in [7, 11) is 3.54. The zero-order chi connectivity index (χ0) is 16.2. The first kappa shape index (κ1) is 17.4. The van der Waals surface area contributed by atoms with Crippen molar-refractivity contribution >= 4 is 17.2 Å². The molecule has 1 N–H and O–H groups in total. The van der Waals surface area contributed by atoms with E-state index >= 15 is 0 Å². The number of rotatable bonds is 6. The average molecular weight is 325 g/mol. The van der Waals surface area contributed by atoms with Crippen LogP contribution in [0.1, 0.15) is 36.9 Å². The summed E-state index contributed by atoms with van der Waals surface area (Å²) in [6.45, 7) is 5.33. The molecule has 2 heterocycles. The van der Waals surface area contributed by atoms with E-state index in [1.54, 1.807) is 30.3 Å². The third kappa shape index (κ3) is 4.27. The maximum Gasteiger partial charge on any atom is 0.228 e. The van der Waals surface area contributed by atoms with Gasteiger partial charge in [0.25, 0.3) is 0 Å². The molecule has 1 fully saturated rings. The number of thiazole rings is 1. The van der Waals surface area contributed by atoms with Gasteiger partial charge in [-0.25, -0.2) is 4.98 Å². The van der Waals surface area contributed by atoms with Gasteiger partial charge < -0.3 is 10.0 Å². The Hall–Kier alpha value is -0.980. The highest BCUT2D eigenvalue weighted by Gasteiger charge is 2.32. The monoisotopic (exact) mass is 325 g/mol. The Morgan fingerprint density at radius 1 is 1.45 bits per heavy atom. The van der Waals surface area contributed by atoms with Crippen molar-refractivity contribution in [3.63, 3.8) is 0 Å². The fourth-order valence-electron chi connectivity index (χ4n) is 2.83. The Bertz CT molecular complexity index is 487. The maximum absolute atomic E-state index is 11.7. The fourth-order valence-corrected chi connectivity index (χ4v) is 3.60. The highest BCUT2D eigenvalue weighted by molar-refractivity contribution is 7.09. The molecule has 1 amide bonds. The smallest absolute Gasteiger partial charge is 0.228 e. The molecule has 124 valence electrons. The van der Waals surface area contributed by atoms with Gasteiger partial charge in [-0.05, 0) is 37.8 Å². The predicted octanol–water partition coefficient (Wildman–Crippen LogP) is 1.76. The zero-order valence-electron chi connectivity index (χ0n) is 13.8. The van der Waals surface area contributed by atoms with Crippen molar-refractivity contribution in [3.8, 4) is 0 Å². The van der Waals surface area contributed by atoms with Gasteiger partial charge in [-0.2, -0.15) is 0 Å². The van der Waals surface area contributed by atoms with Crippen LogP contribution in [0.25, 0.3) is 0 Å². The molecule has 5 nitrogen and oxygen atoms in total. The number of likely N-dealkylation sites (N-methyl/N-ethyl adjacent to an activating group) is 1.